The van der Waals surface area contributed by atoms with Crippen molar-refractivity contribution >= 4 is 5.97 Å². The first-order valence-electron chi connectivity index (χ1n) is 7.11. The highest BCUT2D eigenvalue weighted by atomic mass is 19.1. The maximum absolute atomic E-state index is 13.8. The molecule has 1 aliphatic heterocycles. The van der Waals surface area contributed by atoms with Crippen LogP contribution in [0.15, 0.2) is 18.2 Å². The number of hydrogen-bond acceptors (Lipinski definition) is 2. The summed E-state index contributed by atoms with van der Waals surface area (Å²) in [5.41, 5.74) is 0.970. The Bertz CT molecular complexity index is 499. The summed E-state index contributed by atoms with van der Waals surface area (Å²) in [6, 6.07) is 4.01. The Hall–Kier alpha value is -1.42. The predicted molar refractivity (Wildman–Crippen MR) is 76.3 cm³/mol. The zero-order valence-corrected chi connectivity index (χ0v) is 12.2. The second-order valence-corrected chi connectivity index (χ2v) is 6.41. The number of likely N-dealkylation sites (tertiary alicyclic amines) is 1. The molecule has 1 fully saturated rings. The summed E-state index contributed by atoms with van der Waals surface area (Å²) in [5, 5.41) is 8.98. The van der Waals surface area contributed by atoms with E-state index in [4.69, 9.17) is 5.11 Å². The largest absolute Gasteiger partial charge is 0.478 e. The molecular weight excluding hydrogens is 257 g/mol. The van der Waals surface area contributed by atoms with Crippen LogP contribution in [-0.4, -0.2) is 29.1 Å². The van der Waals surface area contributed by atoms with Gasteiger partial charge in [-0.15, -0.1) is 0 Å². The molecule has 1 aromatic carbocycles. The van der Waals surface area contributed by atoms with E-state index in [0.717, 1.165) is 25.9 Å². The highest BCUT2D eigenvalue weighted by Gasteiger charge is 2.23. The summed E-state index contributed by atoms with van der Waals surface area (Å²) in [6.45, 7) is 6.90. The maximum atomic E-state index is 13.8. The predicted octanol–water partition coefficient (Wildman–Crippen LogP) is 3.54. The molecule has 0 radical (unpaired) electrons. The van der Waals surface area contributed by atoms with Crippen LogP contribution in [0.25, 0.3) is 0 Å². The third-order valence-electron chi connectivity index (χ3n) is 4.12. The van der Waals surface area contributed by atoms with E-state index in [1.807, 2.05) is 0 Å². The summed E-state index contributed by atoms with van der Waals surface area (Å²) in [6.07, 6.45) is 3.38. The van der Waals surface area contributed by atoms with Crippen molar-refractivity contribution in [3.63, 3.8) is 0 Å². The van der Waals surface area contributed by atoms with Crippen LogP contribution >= 0.6 is 0 Å². The molecule has 1 aliphatic rings. The van der Waals surface area contributed by atoms with Crippen LogP contribution in [-0.2, 0) is 6.54 Å². The number of hydrogen-bond donors (Lipinski definition) is 1. The molecule has 0 spiro atoms. The Morgan fingerprint density at radius 1 is 1.35 bits per heavy atom. The fraction of sp³-hybridized carbons (Fsp3) is 0.562. The first kappa shape index (κ1) is 15.0. The van der Waals surface area contributed by atoms with Crippen LogP contribution in [0, 0.1) is 11.2 Å². The second-order valence-electron chi connectivity index (χ2n) is 6.41. The zero-order chi connectivity index (χ0) is 14.8. The standard InChI is InChI=1S/C16H22FNO2/c1-16(2)6-3-8-18(9-7-16)11-13-10-12(15(19)20)4-5-14(13)17/h4-5,10H,3,6-9,11H2,1-2H3,(H,19,20). The van der Waals surface area contributed by atoms with E-state index in [1.54, 1.807) is 0 Å². The van der Waals surface area contributed by atoms with Crippen molar-refractivity contribution in [1.82, 2.24) is 4.90 Å². The molecule has 0 unspecified atom stereocenters. The number of rotatable bonds is 3. The van der Waals surface area contributed by atoms with Gasteiger partial charge >= 0.3 is 5.97 Å². The Balaban J connectivity index is 2.09. The molecule has 0 aromatic heterocycles. The molecule has 0 atom stereocenters. The molecular formula is C16H22FNO2. The van der Waals surface area contributed by atoms with E-state index in [0.29, 0.717) is 17.5 Å². The lowest BCUT2D eigenvalue weighted by molar-refractivity contribution is 0.0696. The average molecular weight is 279 g/mol. The summed E-state index contributed by atoms with van der Waals surface area (Å²) in [4.78, 5) is 13.2. The van der Waals surface area contributed by atoms with Crippen molar-refractivity contribution in [1.29, 1.82) is 0 Å². The van der Waals surface area contributed by atoms with Gasteiger partial charge in [0, 0.05) is 12.1 Å². The summed E-state index contributed by atoms with van der Waals surface area (Å²) in [7, 11) is 0. The van der Waals surface area contributed by atoms with Gasteiger partial charge in [0.2, 0.25) is 0 Å². The van der Waals surface area contributed by atoms with E-state index in [1.165, 1.54) is 24.6 Å². The fourth-order valence-electron chi connectivity index (χ4n) is 2.71. The van der Waals surface area contributed by atoms with Crippen molar-refractivity contribution in [2.45, 2.75) is 39.7 Å². The summed E-state index contributed by atoms with van der Waals surface area (Å²) >= 11 is 0. The lowest BCUT2D eigenvalue weighted by Gasteiger charge is -2.23. The van der Waals surface area contributed by atoms with Gasteiger partial charge in [0.05, 0.1) is 5.56 Å². The zero-order valence-electron chi connectivity index (χ0n) is 12.2. The van der Waals surface area contributed by atoms with Crippen LogP contribution in [0.5, 0.6) is 0 Å². The minimum absolute atomic E-state index is 0.150. The molecule has 0 aliphatic carbocycles. The minimum Gasteiger partial charge on any atom is -0.478 e. The molecule has 0 bridgehead atoms. The van der Waals surface area contributed by atoms with Crippen LogP contribution in [0.2, 0.25) is 0 Å². The molecule has 110 valence electrons. The molecule has 3 nitrogen and oxygen atoms in total. The molecule has 1 heterocycles. The monoisotopic (exact) mass is 279 g/mol. The minimum atomic E-state index is -1.01. The van der Waals surface area contributed by atoms with E-state index >= 15 is 0 Å². The molecule has 0 amide bonds. The van der Waals surface area contributed by atoms with Gasteiger partial charge in [-0.25, -0.2) is 9.18 Å². The van der Waals surface area contributed by atoms with Crippen molar-refractivity contribution in [3.8, 4) is 0 Å². The first-order chi connectivity index (χ1) is 9.37. The fourth-order valence-corrected chi connectivity index (χ4v) is 2.71. The topological polar surface area (TPSA) is 40.5 Å². The van der Waals surface area contributed by atoms with Gasteiger partial charge < -0.3 is 5.11 Å². The Morgan fingerprint density at radius 2 is 2.10 bits per heavy atom. The van der Waals surface area contributed by atoms with Gasteiger partial charge in [-0.2, -0.15) is 0 Å². The van der Waals surface area contributed by atoms with Crippen LogP contribution in [0.4, 0.5) is 4.39 Å². The number of aromatic carboxylic acids is 1. The SMILES string of the molecule is CC1(C)CCCN(Cc2cc(C(=O)O)ccc2F)CC1. The third-order valence-corrected chi connectivity index (χ3v) is 4.12. The Labute approximate surface area is 119 Å². The molecule has 0 saturated carbocycles. The number of nitrogens with zero attached hydrogens (tertiary/aromatic N) is 1. The molecule has 20 heavy (non-hydrogen) atoms. The lowest BCUT2D eigenvalue weighted by atomic mass is 9.85. The van der Waals surface area contributed by atoms with Crippen molar-refractivity contribution in [2.75, 3.05) is 13.1 Å². The molecule has 1 saturated heterocycles. The smallest absolute Gasteiger partial charge is 0.335 e. The quantitative estimate of drug-likeness (QED) is 0.920. The lowest BCUT2D eigenvalue weighted by Crippen LogP contribution is -2.25. The molecule has 2 rings (SSSR count). The van der Waals surface area contributed by atoms with Gasteiger partial charge in [0.15, 0.2) is 0 Å². The molecule has 1 aromatic rings. The van der Waals surface area contributed by atoms with Gasteiger partial charge in [0.25, 0.3) is 0 Å². The van der Waals surface area contributed by atoms with Crippen LogP contribution in [0.1, 0.15) is 49.0 Å². The Kier molecular flexibility index (Phi) is 4.43. The van der Waals surface area contributed by atoms with Gasteiger partial charge in [-0.05, 0) is 56.0 Å². The van der Waals surface area contributed by atoms with E-state index < -0.39 is 5.97 Å². The van der Waals surface area contributed by atoms with E-state index in [-0.39, 0.29) is 11.4 Å². The van der Waals surface area contributed by atoms with E-state index in [9.17, 15) is 9.18 Å². The molecule has 4 heteroatoms. The second kappa shape index (κ2) is 5.92. The van der Waals surface area contributed by atoms with Gasteiger partial charge in [0.1, 0.15) is 5.82 Å². The normalized spacial score (nSPS) is 19.6. The van der Waals surface area contributed by atoms with E-state index in [2.05, 4.69) is 18.7 Å². The van der Waals surface area contributed by atoms with Crippen molar-refractivity contribution in [3.05, 3.63) is 35.1 Å². The summed E-state index contributed by atoms with van der Waals surface area (Å²) in [5.74, 6) is -1.33. The first-order valence-corrected chi connectivity index (χ1v) is 7.11. The van der Waals surface area contributed by atoms with Crippen LogP contribution < -0.4 is 0 Å². The third kappa shape index (κ3) is 3.79. The Morgan fingerprint density at radius 3 is 2.80 bits per heavy atom. The van der Waals surface area contributed by atoms with Gasteiger partial charge in [-0.3, -0.25) is 4.90 Å². The van der Waals surface area contributed by atoms with Crippen LogP contribution in [0.3, 0.4) is 0 Å². The highest BCUT2D eigenvalue weighted by Crippen LogP contribution is 2.30. The number of benzene rings is 1. The highest BCUT2D eigenvalue weighted by molar-refractivity contribution is 5.87. The number of carboxylic acid groups (broad SMARTS) is 1. The van der Waals surface area contributed by atoms with Crippen molar-refractivity contribution < 1.29 is 14.3 Å². The average Bonchev–Trinajstić information content (AvgIpc) is 2.53. The van der Waals surface area contributed by atoms with Gasteiger partial charge in [-0.1, -0.05) is 13.8 Å². The van der Waals surface area contributed by atoms with Crippen molar-refractivity contribution in [2.24, 2.45) is 5.41 Å². The number of carbonyl (C=O) groups is 1. The maximum Gasteiger partial charge on any atom is 0.335 e. The number of carboxylic acids is 1. The summed E-state index contributed by atoms with van der Waals surface area (Å²) < 4.78 is 13.8. The number of halogens is 1. The molecule has 1 N–H and O–H groups in total.